The Labute approximate surface area is 83.5 Å². The van der Waals surface area contributed by atoms with Crippen molar-refractivity contribution in [3.8, 4) is 0 Å². The fraction of sp³-hybridized carbons (Fsp3) is 1.00. The summed E-state index contributed by atoms with van der Waals surface area (Å²) < 4.78 is 0. The first-order valence-electron chi connectivity index (χ1n) is 5.68. The second-order valence-corrected chi connectivity index (χ2v) is 3.84. The van der Waals surface area contributed by atoms with E-state index >= 15 is 0 Å². The largest absolute Gasteiger partial charge is 0.317 e. The summed E-state index contributed by atoms with van der Waals surface area (Å²) in [4.78, 5) is 0. The molecule has 80 valence electrons. The van der Waals surface area contributed by atoms with E-state index in [0.29, 0.717) is 5.41 Å². The molecule has 0 bridgehead atoms. The number of hydrogen-bond acceptors (Lipinski definition) is 2. The molecule has 13 heavy (non-hydrogen) atoms. The van der Waals surface area contributed by atoms with Gasteiger partial charge in [-0.1, -0.05) is 27.7 Å². The van der Waals surface area contributed by atoms with Crippen molar-refractivity contribution in [1.29, 1.82) is 0 Å². The number of rotatable bonds is 3. The SMILES string of the molecule is CC.CCNCC1(C)CCNCC1. The number of piperidine rings is 1. The Bertz CT molecular complexity index is 107. The average molecular weight is 186 g/mol. The predicted molar refractivity (Wildman–Crippen MR) is 60.1 cm³/mol. The lowest BCUT2D eigenvalue weighted by molar-refractivity contribution is 0.222. The molecule has 1 heterocycles. The van der Waals surface area contributed by atoms with Gasteiger partial charge in [0, 0.05) is 6.54 Å². The van der Waals surface area contributed by atoms with Crippen LogP contribution in [0.4, 0.5) is 0 Å². The highest BCUT2D eigenvalue weighted by molar-refractivity contribution is 4.81. The van der Waals surface area contributed by atoms with Gasteiger partial charge in [0.1, 0.15) is 0 Å². The van der Waals surface area contributed by atoms with Gasteiger partial charge in [0.15, 0.2) is 0 Å². The zero-order valence-corrected chi connectivity index (χ0v) is 9.74. The topological polar surface area (TPSA) is 24.1 Å². The van der Waals surface area contributed by atoms with Crippen LogP contribution in [0.1, 0.15) is 40.5 Å². The summed E-state index contributed by atoms with van der Waals surface area (Å²) in [5, 5.41) is 6.82. The maximum atomic E-state index is 3.43. The Morgan fingerprint density at radius 1 is 1.23 bits per heavy atom. The number of nitrogens with one attached hydrogen (secondary N) is 2. The van der Waals surface area contributed by atoms with Crippen LogP contribution in [-0.4, -0.2) is 26.2 Å². The van der Waals surface area contributed by atoms with E-state index < -0.39 is 0 Å². The van der Waals surface area contributed by atoms with E-state index in [4.69, 9.17) is 0 Å². The second-order valence-electron chi connectivity index (χ2n) is 3.84. The quantitative estimate of drug-likeness (QED) is 0.704. The van der Waals surface area contributed by atoms with Crippen molar-refractivity contribution in [2.75, 3.05) is 26.2 Å². The van der Waals surface area contributed by atoms with Crippen molar-refractivity contribution in [3.05, 3.63) is 0 Å². The van der Waals surface area contributed by atoms with Crippen LogP contribution in [0.2, 0.25) is 0 Å². The summed E-state index contributed by atoms with van der Waals surface area (Å²) in [5.74, 6) is 0. The Morgan fingerprint density at radius 3 is 2.23 bits per heavy atom. The Kier molecular flexibility index (Phi) is 7.29. The lowest BCUT2D eigenvalue weighted by Gasteiger charge is -2.34. The van der Waals surface area contributed by atoms with Crippen LogP contribution in [0, 0.1) is 5.41 Å². The molecular formula is C11H26N2. The summed E-state index contributed by atoms with van der Waals surface area (Å²) in [6.45, 7) is 13.2. The molecule has 0 aromatic carbocycles. The minimum atomic E-state index is 0.557. The van der Waals surface area contributed by atoms with E-state index in [0.717, 1.165) is 6.54 Å². The van der Waals surface area contributed by atoms with Crippen molar-refractivity contribution >= 4 is 0 Å². The van der Waals surface area contributed by atoms with Crippen LogP contribution in [-0.2, 0) is 0 Å². The summed E-state index contributed by atoms with van der Waals surface area (Å²) in [6, 6.07) is 0. The summed E-state index contributed by atoms with van der Waals surface area (Å²) in [6.07, 6.45) is 2.64. The molecule has 0 aromatic rings. The predicted octanol–water partition coefficient (Wildman–Crippen LogP) is 2.01. The molecule has 0 saturated carbocycles. The Morgan fingerprint density at radius 2 is 1.77 bits per heavy atom. The standard InChI is InChI=1S/C9H20N2.C2H6/c1-3-10-8-9(2)4-6-11-7-5-9;1-2/h10-11H,3-8H2,1-2H3;1-2H3. The monoisotopic (exact) mass is 186 g/mol. The van der Waals surface area contributed by atoms with Crippen molar-refractivity contribution in [3.63, 3.8) is 0 Å². The minimum Gasteiger partial charge on any atom is -0.317 e. The van der Waals surface area contributed by atoms with Gasteiger partial charge in [-0.05, 0) is 37.9 Å². The molecule has 0 radical (unpaired) electrons. The molecule has 1 aliphatic heterocycles. The van der Waals surface area contributed by atoms with Crippen LogP contribution in [0.5, 0.6) is 0 Å². The first-order valence-corrected chi connectivity index (χ1v) is 5.68. The highest BCUT2D eigenvalue weighted by Crippen LogP contribution is 2.26. The lowest BCUT2D eigenvalue weighted by Crippen LogP contribution is -2.41. The van der Waals surface area contributed by atoms with E-state index in [9.17, 15) is 0 Å². The first-order chi connectivity index (χ1) is 6.27. The molecule has 0 amide bonds. The number of hydrogen-bond donors (Lipinski definition) is 2. The molecule has 0 aromatic heterocycles. The van der Waals surface area contributed by atoms with E-state index in [1.54, 1.807) is 0 Å². The molecular weight excluding hydrogens is 160 g/mol. The third-order valence-electron chi connectivity index (χ3n) is 2.61. The molecule has 0 spiro atoms. The molecule has 1 fully saturated rings. The van der Waals surface area contributed by atoms with Gasteiger partial charge in [-0.2, -0.15) is 0 Å². The van der Waals surface area contributed by atoms with Crippen LogP contribution in [0.15, 0.2) is 0 Å². The van der Waals surface area contributed by atoms with E-state index in [1.807, 2.05) is 13.8 Å². The fourth-order valence-corrected chi connectivity index (χ4v) is 1.63. The van der Waals surface area contributed by atoms with Crippen LogP contribution < -0.4 is 10.6 Å². The molecule has 2 N–H and O–H groups in total. The molecule has 0 unspecified atom stereocenters. The van der Waals surface area contributed by atoms with Crippen molar-refractivity contribution in [2.45, 2.75) is 40.5 Å². The minimum absolute atomic E-state index is 0.557. The maximum Gasteiger partial charge on any atom is 0.000600 e. The normalized spacial score (nSPS) is 20.3. The van der Waals surface area contributed by atoms with Crippen molar-refractivity contribution < 1.29 is 0 Å². The van der Waals surface area contributed by atoms with Gasteiger partial charge in [-0.3, -0.25) is 0 Å². The molecule has 1 saturated heterocycles. The highest BCUT2D eigenvalue weighted by atomic mass is 14.9. The van der Waals surface area contributed by atoms with E-state index in [2.05, 4.69) is 24.5 Å². The van der Waals surface area contributed by atoms with Crippen LogP contribution in [0.25, 0.3) is 0 Å². The van der Waals surface area contributed by atoms with Gasteiger partial charge in [-0.15, -0.1) is 0 Å². The summed E-state index contributed by atoms with van der Waals surface area (Å²) in [5.41, 5.74) is 0.557. The lowest BCUT2D eigenvalue weighted by atomic mass is 9.81. The Hall–Kier alpha value is -0.0800. The van der Waals surface area contributed by atoms with Gasteiger partial charge in [0.2, 0.25) is 0 Å². The van der Waals surface area contributed by atoms with Gasteiger partial charge < -0.3 is 10.6 Å². The van der Waals surface area contributed by atoms with Gasteiger partial charge in [0.05, 0.1) is 0 Å². The van der Waals surface area contributed by atoms with Crippen molar-refractivity contribution in [1.82, 2.24) is 10.6 Å². The smallest absolute Gasteiger partial charge is 0.000600 e. The van der Waals surface area contributed by atoms with E-state index in [1.165, 1.54) is 32.5 Å². The third kappa shape index (κ3) is 5.27. The molecule has 1 aliphatic rings. The van der Waals surface area contributed by atoms with Gasteiger partial charge in [-0.25, -0.2) is 0 Å². The highest BCUT2D eigenvalue weighted by Gasteiger charge is 2.25. The van der Waals surface area contributed by atoms with Crippen LogP contribution in [0.3, 0.4) is 0 Å². The van der Waals surface area contributed by atoms with Crippen molar-refractivity contribution in [2.24, 2.45) is 5.41 Å². The third-order valence-corrected chi connectivity index (χ3v) is 2.61. The summed E-state index contributed by atoms with van der Waals surface area (Å²) in [7, 11) is 0. The zero-order valence-electron chi connectivity index (χ0n) is 9.74. The average Bonchev–Trinajstić information content (AvgIpc) is 2.19. The Balaban J connectivity index is 0.000000671. The molecule has 0 atom stereocenters. The fourth-order valence-electron chi connectivity index (χ4n) is 1.63. The van der Waals surface area contributed by atoms with Crippen LogP contribution >= 0.6 is 0 Å². The molecule has 0 aliphatic carbocycles. The molecule has 2 nitrogen and oxygen atoms in total. The van der Waals surface area contributed by atoms with Gasteiger partial charge in [0.25, 0.3) is 0 Å². The van der Waals surface area contributed by atoms with E-state index in [-0.39, 0.29) is 0 Å². The maximum absolute atomic E-state index is 3.43. The first kappa shape index (κ1) is 12.9. The molecule has 2 heteroatoms. The van der Waals surface area contributed by atoms with Gasteiger partial charge >= 0.3 is 0 Å². The molecule has 1 rings (SSSR count). The zero-order chi connectivity index (χ0) is 10.2. The second kappa shape index (κ2) is 7.34. The summed E-state index contributed by atoms with van der Waals surface area (Å²) >= 11 is 0.